The number of tetrazole rings is 1. The van der Waals surface area contributed by atoms with Crippen LogP contribution >= 0.6 is 23.2 Å². The zero-order valence-electron chi connectivity index (χ0n) is 22.2. The average molecular weight is 559 g/mol. The van der Waals surface area contributed by atoms with Gasteiger partial charge in [-0.3, -0.25) is 19.9 Å². The van der Waals surface area contributed by atoms with Gasteiger partial charge in [-0.05, 0) is 68.0 Å². The second-order valence-electron chi connectivity index (χ2n) is 10.8. The topological polar surface area (TPSA) is 125 Å². The molecule has 3 aromatic rings. The van der Waals surface area contributed by atoms with Gasteiger partial charge < -0.3 is 5.32 Å². The smallest absolute Gasteiger partial charge is 0.251 e. The molecule has 0 radical (unpaired) electrons. The number of amides is 1. The van der Waals surface area contributed by atoms with E-state index >= 15 is 0 Å². The van der Waals surface area contributed by atoms with Gasteiger partial charge in [-0.1, -0.05) is 61.3 Å². The maximum Gasteiger partial charge on any atom is 0.251 e. The SMILES string of the molecule is CC(C)(C)CC[C@@H](NC(C)(C)N=C(C=O)c1cc(Cl)cc(Cl)c1)c1ccc(C(=O)NCc2nn[nH]n2)cc1. The van der Waals surface area contributed by atoms with Gasteiger partial charge in [0, 0.05) is 27.2 Å². The summed E-state index contributed by atoms with van der Waals surface area (Å²) in [4.78, 5) is 29.2. The lowest BCUT2D eigenvalue weighted by atomic mass is 9.86. The largest absolute Gasteiger partial charge is 0.345 e. The number of carbonyl (C=O) groups is 2. The molecule has 3 rings (SSSR count). The van der Waals surface area contributed by atoms with Gasteiger partial charge in [-0.15, -0.1) is 10.2 Å². The molecule has 202 valence electrons. The molecule has 2 aromatic carbocycles. The fraction of sp³-hybridized carbons (Fsp3) is 0.407. The molecule has 1 amide bonds. The van der Waals surface area contributed by atoms with Crippen molar-refractivity contribution in [3.05, 3.63) is 75.0 Å². The van der Waals surface area contributed by atoms with Gasteiger partial charge in [0.2, 0.25) is 0 Å². The lowest BCUT2D eigenvalue weighted by molar-refractivity contribution is -0.102. The molecular weight excluding hydrogens is 525 g/mol. The Morgan fingerprint density at radius 1 is 1.05 bits per heavy atom. The van der Waals surface area contributed by atoms with Gasteiger partial charge in [-0.25, -0.2) is 0 Å². The zero-order valence-corrected chi connectivity index (χ0v) is 23.7. The summed E-state index contributed by atoms with van der Waals surface area (Å²) in [5, 5.41) is 20.7. The fourth-order valence-corrected chi connectivity index (χ4v) is 4.43. The van der Waals surface area contributed by atoms with Crippen molar-refractivity contribution < 1.29 is 9.59 Å². The number of aromatic nitrogens is 4. The van der Waals surface area contributed by atoms with Crippen LogP contribution in [0.15, 0.2) is 47.5 Å². The quantitative estimate of drug-likeness (QED) is 0.216. The minimum atomic E-state index is -0.797. The van der Waals surface area contributed by atoms with E-state index in [4.69, 9.17) is 28.2 Å². The van der Waals surface area contributed by atoms with E-state index in [0.717, 1.165) is 18.4 Å². The molecule has 0 saturated carbocycles. The Bertz CT molecular complexity index is 1250. The van der Waals surface area contributed by atoms with Crippen LogP contribution in [0.4, 0.5) is 0 Å². The highest BCUT2D eigenvalue weighted by Crippen LogP contribution is 2.30. The van der Waals surface area contributed by atoms with E-state index in [1.807, 2.05) is 26.0 Å². The Morgan fingerprint density at radius 3 is 2.26 bits per heavy atom. The Labute approximate surface area is 232 Å². The van der Waals surface area contributed by atoms with Crippen LogP contribution in [-0.4, -0.2) is 44.2 Å². The summed E-state index contributed by atoms with van der Waals surface area (Å²) in [5.41, 5.74) is 1.64. The van der Waals surface area contributed by atoms with Crippen molar-refractivity contribution in [2.75, 3.05) is 0 Å². The number of aldehydes is 1. The molecule has 9 nitrogen and oxygen atoms in total. The van der Waals surface area contributed by atoms with E-state index in [9.17, 15) is 9.59 Å². The molecule has 0 aliphatic heterocycles. The second-order valence-corrected chi connectivity index (χ2v) is 11.6. The molecule has 1 aromatic heterocycles. The highest BCUT2D eigenvalue weighted by molar-refractivity contribution is 6.39. The molecule has 0 bridgehead atoms. The minimum absolute atomic E-state index is 0.0831. The third-order valence-corrected chi connectivity index (χ3v) is 6.19. The summed E-state index contributed by atoms with van der Waals surface area (Å²) < 4.78 is 0. The molecule has 0 saturated heterocycles. The molecule has 0 unspecified atom stereocenters. The summed E-state index contributed by atoms with van der Waals surface area (Å²) in [6.45, 7) is 10.6. The highest BCUT2D eigenvalue weighted by Gasteiger charge is 2.25. The van der Waals surface area contributed by atoms with Crippen LogP contribution in [-0.2, 0) is 11.3 Å². The fourth-order valence-electron chi connectivity index (χ4n) is 3.91. The maximum atomic E-state index is 12.6. The summed E-state index contributed by atoms with van der Waals surface area (Å²) in [6, 6.07) is 12.3. The Balaban J connectivity index is 1.81. The zero-order chi connectivity index (χ0) is 27.9. The number of H-pyrrole nitrogens is 1. The third-order valence-electron chi connectivity index (χ3n) is 5.75. The normalized spacial score (nSPS) is 13.3. The molecule has 0 aliphatic carbocycles. The van der Waals surface area contributed by atoms with Gasteiger partial charge in [0.1, 0.15) is 11.4 Å². The number of nitrogens with zero attached hydrogens (tertiary/aromatic N) is 4. The van der Waals surface area contributed by atoms with Gasteiger partial charge in [0.05, 0.1) is 6.54 Å². The van der Waals surface area contributed by atoms with E-state index in [1.54, 1.807) is 30.3 Å². The molecule has 0 spiro atoms. The Morgan fingerprint density at radius 2 is 1.71 bits per heavy atom. The Kier molecular flexibility index (Phi) is 9.76. The van der Waals surface area contributed by atoms with Crippen LogP contribution in [0.3, 0.4) is 0 Å². The predicted octanol–water partition coefficient (Wildman–Crippen LogP) is 5.32. The third kappa shape index (κ3) is 9.01. The van der Waals surface area contributed by atoms with Crippen LogP contribution in [0.2, 0.25) is 10.0 Å². The van der Waals surface area contributed by atoms with Crippen LogP contribution in [0.25, 0.3) is 0 Å². The molecule has 1 atom stereocenters. The number of hydrogen-bond donors (Lipinski definition) is 3. The average Bonchev–Trinajstić information content (AvgIpc) is 3.36. The first-order valence-electron chi connectivity index (χ1n) is 12.2. The monoisotopic (exact) mass is 557 g/mol. The first-order valence-corrected chi connectivity index (χ1v) is 13.0. The van der Waals surface area contributed by atoms with Gasteiger partial charge in [0.25, 0.3) is 5.91 Å². The summed E-state index contributed by atoms with van der Waals surface area (Å²) >= 11 is 12.3. The second kappa shape index (κ2) is 12.6. The molecule has 3 N–H and O–H groups in total. The molecule has 0 fully saturated rings. The number of aliphatic imine (C=N–C) groups is 1. The lowest BCUT2D eigenvalue weighted by Crippen LogP contribution is -2.41. The van der Waals surface area contributed by atoms with Crippen LogP contribution in [0, 0.1) is 5.41 Å². The Hall–Kier alpha value is -3.14. The molecular formula is C27H33Cl2N7O2. The molecule has 0 aliphatic rings. The highest BCUT2D eigenvalue weighted by atomic mass is 35.5. The van der Waals surface area contributed by atoms with Crippen molar-refractivity contribution in [1.29, 1.82) is 0 Å². The number of carbonyl (C=O) groups excluding carboxylic acids is 2. The summed E-state index contributed by atoms with van der Waals surface area (Å²) in [7, 11) is 0. The lowest BCUT2D eigenvalue weighted by Gasteiger charge is -2.31. The number of hydrogen-bond acceptors (Lipinski definition) is 7. The van der Waals surface area contributed by atoms with Crippen molar-refractivity contribution in [1.82, 2.24) is 31.3 Å². The van der Waals surface area contributed by atoms with Gasteiger partial charge >= 0.3 is 0 Å². The molecule has 38 heavy (non-hydrogen) atoms. The van der Waals surface area contributed by atoms with E-state index < -0.39 is 5.66 Å². The first-order chi connectivity index (χ1) is 17.8. The molecule has 11 heteroatoms. The number of benzene rings is 2. The first kappa shape index (κ1) is 29.4. The van der Waals surface area contributed by atoms with E-state index in [-0.39, 0.29) is 29.6 Å². The molecule has 1 heterocycles. The van der Waals surface area contributed by atoms with E-state index in [0.29, 0.717) is 33.3 Å². The predicted molar refractivity (Wildman–Crippen MR) is 149 cm³/mol. The summed E-state index contributed by atoms with van der Waals surface area (Å²) in [6.07, 6.45) is 2.48. The number of nitrogens with one attached hydrogen (secondary N) is 3. The van der Waals surface area contributed by atoms with Crippen molar-refractivity contribution in [2.45, 2.75) is 65.7 Å². The van der Waals surface area contributed by atoms with Crippen LogP contribution in [0.1, 0.15) is 80.8 Å². The standard InChI is InChI=1S/C27H33Cl2N7O2/c1-26(2,3)11-10-22(17-6-8-18(9-7-17)25(38)30-15-24-33-35-36-34-24)31-27(4,5)32-23(16-37)19-12-20(28)14-21(29)13-19/h6-9,12-14,16,22,31H,10-11,15H2,1-5H3,(H,30,38)(H,33,34,35,36)/t22-/m1/s1. The van der Waals surface area contributed by atoms with Crippen molar-refractivity contribution >= 4 is 41.1 Å². The van der Waals surface area contributed by atoms with Crippen molar-refractivity contribution in [2.24, 2.45) is 10.4 Å². The number of rotatable bonds is 11. The maximum absolute atomic E-state index is 12.6. The number of aromatic amines is 1. The van der Waals surface area contributed by atoms with Crippen molar-refractivity contribution in [3.63, 3.8) is 0 Å². The summed E-state index contributed by atoms with van der Waals surface area (Å²) in [5.74, 6) is 0.167. The van der Waals surface area contributed by atoms with Crippen molar-refractivity contribution in [3.8, 4) is 0 Å². The van der Waals surface area contributed by atoms with Gasteiger partial charge in [0.15, 0.2) is 12.1 Å². The van der Waals surface area contributed by atoms with Gasteiger partial charge in [-0.2, -0.15) is 5.21 Å². The van der Waals surface area contributed by atoms with Crippen LogP contribution in [0.5, 0.6) is 0 Å². The van der Waals surface area contributed by atoms with E-state index in [2.05, 4.69) is 52.0 Å². The van der Waals surface area contributed by atoms with E-state index in [1.165, 1.54) is 0 Å². The number of halogens is 2. The van der Waals surface area contributed by atoms with Crippen LogP contribution < -0.4 is 10.6 Å². The minimum Gasteiger partial charge on any atom is -0.345 e.